The van der Waals surface area contributed by atoms with Crippen LogP contribution in [-0.4, -0.2) is 50.9 Å². The molecule has 1 aromatic rings. The molecule has 0 aromatic carbocycles. The van der Waals surface area contributed by atoms with E-state index in [0.29, 0.717) is 12.2 Å². The summed E-state index contributed by atoms with van der Waals surface area (Å²) in [4.78, 5) is 39.8. The predicted octanol–water partition coefficient (Wildman–Crippen LogP) is -0.756. The third kappa shape index (κ3) is 2.61. The highest BCUT2D eigenvalue weighted by molar-refractivity contribution is 6.07. The molecule has 1 saturated heterocycles. The quantitative estimate of drug-likeness (QED) is 0.696. The molecule has 1 unspecified atom stereocenters. The van der Waals surface area contributed by atoms with Gasteiger partial charge in [-0.25, -0.2) is 4.98 Å². The lowest BCUT2D eigenvalue weighted by atomic mass is 10.2. The van der Waals surface area contributed by atoms with E-state index in [1.54, 1.807) is 0 Å². The number of nitrogens with zero attached hydrogens (tertiary/aromatic N) is 3. The zero-order chi connectivity index (χ0) is 14.0. The van der Waals surface area contributed by atoms with Crippen molar-refractivity contribution >= 4 is 17.7 Å². The second-order valence-electron chi connectivity index (χ2n) is 4.38. The number of carbonyl (C=O) groups is 3. The third-order valence-corrected chi connectivity index (χ3v) is 2.91. The second kappa shape index (κ2) is 5.17. The van der Waals surface area contributed by atoms with Crippen molar-refractivity contribution in [2.45, 2.75) is 32.2 Å². The summed E-state index contributed by atoms with van der Waals surface area (Å²) in [5.41, 5.74) is 0. The van der Waals surface area contributed by atoms with Gasteiger partial charge in [-0.1, -0.05) is 6.92 Å². The van der Waals surface area contributed by atoms with Crippen molar-refractivity contribution in [3.8, 4) is 0 Å². The van der Waals surface area contributed by atoms with Crippen molar-refractivity contribution in [3.63, 3.8) is 0 Å². The Morgan fingerprint density at radius 2 is 2.26 bits per heavy atom. The summed E-state index contributed by atoms with van der Waals surface area (Å²) in [5, 5.41) is 8.90. The van der Waals surface area contributed by atoms with Gasteiger partial charge in [0.1, 0.15) is 11.9 Å². The molecule has 0 saturated carbocycles. The number of nitrogens with one attached hydrogen (secondary N) is 2. The number of H-pyrrole nitrogens is 1. The van der Waals surface area contributed by atoms with E-state index in [2.05, 4.69) is 20.5 Å². The highest BCUT2D eigenvalue weighted by atomic mass is 16.2. The summed E-state index contributed by atoms with van der Waals surface area (Å²) >= 11 is 0. The number of aryl methyl sites for hydroxylation is 1. The fraction of sp³-hybridized carbons (Fsp3) is 0.545. The molecule has 0 spiro atoms. The number of amides is 3. The summed E-state index contributed by atoms with van der Waals surface area (Å²) in [6, 6.07) is -0.821. The number of hydrogen-bond acceptors (Lipinski definition) is 5. The van der Waals surface area contributed by atoms with E-state index in [4.69, 9.17) is 0 Å². The third-order valence-electron chi connectivity index (χ3n) is 2.91. The molecule has 2 rings (SSSR count). The van der Waals surface area contributed by atoms with E-state index in [0.717, 1.165) is 11.3 Å². The first-order chi connectivity index (χ1) is 9.02. The smallest absolute Gasteiger partial charge is 0.291 e. The van der Waals surface area contributed by atoms with Gasteiger partial charge < -0.3 is 5.32 Å². The lowest BCUT2D eigenvalue weighted by Gasteiger charge is -2.09. The minimum atomic E-state index is -0.821. The Labute approximate surface area is 109 Å². The highest BCUT2D eigenvalue weighted by Crippen LogP contribution is 2.10. The Kier molecular flexibility index (Phi) is 3.59. The van der Waals surface area contributed by atoms with Crippen molar-refractivity contribution in [1.82, 2.24) is 25.4 Å². The molecule has 0 bridgehead atoms. The van der Waals surface area contributed by atoms with Crippen molar-refractivity contribution < 1.29 is 14.4 Å². The maximum absolute atomic E-state index is 11.8. The Hall–Kier alpha value is -2.25. The van der Waals surface area contributed by atoms with Crippen LogP contribution in [0, 0.1) is 0 Å². The van der Waals surface area contributed by atoms with Crippen molar-refractivity contribution in [1.29, 1.82) is 0 Å². The summed E-state index contributed by atoms with van der Waals surface area (Å²) in [6.45, 7) is 1.99. The molecule has 3 amide bonds. The molecule has 0 radical (unpaired) electrons. The average Bonchev–Trinajstić information content (AvgIpc) is 2.92. The van der Waals surface area contributed by atoms with Crippen LogP contribution in [0.25, 0.3) is 0 Å². The summed E-state index contributed by atoms with van der Waals surface area (Å²) < 4.78 is 0. The van der Waals surface area contributed by atoms with Crippen LogP contribution in [-0.2, 0) is 16.0 Å². The molecule has 1 aliphatic heterocycles. The monoisotopic (exact) mass is 265 g/mol. The van der Waals surface area contributed by atoms with E-state index in [-0.39, 0.29) is 18.2 Å². The lowest BCUT2D eigenvalue weighted by molar-refractivity contribution is -0.137. The van der Waals surface area contributed by atoms with Crippen LogP contribution in [0.5, 0.6) is 0 Å². The van der Waals surface area contributed by atoms with Gasteiger partial charge in [-0.3, -0.25) is 24.4 Å². The Balaban J connectivity index is 2.01. The second-order valence-corrected chi connectivity index (χ2v) is 4.38. The number of hydrogen-bond donors (Lipinski definition) is 2. The molecule has 8 heteroatoms. The Morgan fingerprint density at radius 1 is 1.53 bits per heavy atom. The van der Waals surface area contributed by atoms with Crippen LogP contribution in [0.2, 0.25) is 0 Å². The number of aromatic amines is 1. The zero-order valence-corrected chi connectivity index (χ0v) is 10.8. The van der Waals surface area contributed by atoms with Crippen LogP contribution < -0.4 is 5.32 Å². The maximum Gasteiger partial charge on any atom is 0.291 e. The molecule has 0 aliphatic carbocycles. The van der Waals surface area contributed by atoms with Crippen molar-refractivity contribution in [3.05, 3.63) is 11.6 Å². The van der Waals surface area contributed by atoms with E-state index >= 15 is 0 Å². The number of likely N-dealkylation sites (N-methyl/N-ethyl adjacent to an activating group) is 1. The van der Waals surface area contributed by atoms with E-state index in [1.807, 2.05) is 6.92 Å². The molecule has 1 aliphatic rings. The number of imide groups is 1. The predicted molar refractivity (Wildman–Crippen MR) is 64.0 cm³/mol. The first-order valence-corrected chi connectivity index (χ1v) is 6.05. The lowest BCUT2D eigenvalue weighted by Crippen LogP contribution is -2.41. The van der Waals surface area contributed by atoms with Gasteiger partial charge in [-0.15, -0.1) is 5.10 Å². The SMILES string of the molecule is CCCc1nc(C(=O)NC2CC(=O)N(C)C2=O)n[nH]1. The summed E-state index contributed by atoms with van der Waals surface area (Å²) in [5.74, 6) is -0.670. The van der Waals surface area contributed by atoms with Gasteiger partial charge in [0.25, 0.3) is 11.8 Å². The molecule has 19 heavy (non-hydrogen) atoms. The van der Waals surface area contributed by atoms with Crippen LogP contribution in [0.1, 0.15) is 36.2 Å². The molecular formula is C11H15N5O3. The summed E-state index contributed by atoms with van der Waals surface area (Å²) in [7, 11) is 1.39. The van der Waals surface area contributed by atoms with Crippen LogP contribution in [0.4, 0.5) is 0 Å². The van der Waals surface area contributed by atoms with Gasteiger partial charge in [0.15, 0.2) is 0 Å². The first-order valence-electron chi connectivity index (χ1n) is 6.05. The minimum Gasteiger partial charge on any atom is -0.337 e. The molecule has 2 N–H and O–H groups in total. The molecule has 1 aromatic heterocycles. The van der Waals surface area contributed by atoms with Gasteiger partial charge in [-0.2, -0.15) is 0 Å². The largest absolute Gasteiger partial charge is 0.337 e. The minimum absolute atomic E-state index is 0.0155. The zero-order valence-electron chi connectivity index (χ0n) is 10.8. The molecule has 102 valence electrons. The molecule has 1 fully saturated rings. The van der Waals surface area contributed by atoms with Crippen molar-refractivity contribution in [2.24, 2.45) is 0 Å². The van der Waals surface area contributed by atoms with Gasteiger partial charge in [0, 0.05) is 13.5 Å². The van der Waals surface area contributed by atoms with Gasteiger partial charge in [0.05, 0.1) is 6.42 Å². The van der Waals surface area contributed by atoms with E-state index < -0.39 is 17.9 Å². The number of carbonyl (C=O) groups excluding carboxylic acids is 3. The van der Waals surface area contributed by atoms with Crippen molar-refractivity contribution in [2.75, 3.05) is 7.05 Å². The van der Waals surface area contributed by atoms with Crippen LogP contribution in [0.3, 0.4) is 0 Å². The Bertz CT molecular complexity index is 524. The standard InChI is InChI=1S/C11H15N5O3/c1-3-4-7-13-9(15-14-7)10(18)12-6-5-8(17)16(2)11(6)19/h6H,3-5H2,1-2H3,(H,12,18)(H,13,14,15). The Morgan fingerprint density at radius 3 is 2.84 bits per heavy atom. The fourth-order valence-corrected chi connectivity index (χ4v) is 1.84. The molecule has 2 heterocycles. The highest BCUT2D eigenvalue weighted by Gasteiger charge is 2.37. The van der Waals surface area contributed by atoms with Gasteiger partial charge in [-0.05, 0) is 6.42 Å². The molecule has 8 nitrogen and oxygen atoms in total. The van der Waals surface area contributed by atoms with Crippen LogP contribution in [0.15, 0.2) is 0 Å². The summed E-state index contributed by atoms with van der Waals surface area (Å²) in [6.07, 6.45) is 1.56. The van der Waals surface area contributed by atoms with Crippen LogP contribution >= 0.6 is 0 Å². The average molecular weight is 265 g/mol. The molecular weight excluding hydrogens is 250 g/mol. The maximum atomic E-state index is 11.8. The first kappa shape index (κ1) is 13.2. The normalized spacial score (nSPS) is 19.1. The number of likely N-dealkylation sites (tertiary alicyclic amines) is 1. The van der Waals surface area contributed by atoms with E-state index in [9.17, 15) is 14.4 Å². The topological polar surface area (TPSA) is 108 Å². The van der Waals surface area contributed by atoms with Gasteiger partial charge >= 0.3 is 0 Å². The van der Waals surface area contributed by atoms with E-state index in [1.165, 1.54) is 7.05 Å². The number of aromatic nitrogens is 3. The fourth-order valence-electron chi connectivity index (χ4n) is 1.84. The number of rotatable bonds is 4. The molecule has 1 atom stereocenters. The van der Waals surface area contributed by atoms with Gasteiger partial charge in [0.2, 0.25) is 11.7 Å².